The van der Waals surface area contributed by atoms with Crippen LogP contribution in [0.15, 0.2) is 34.3 Å². The molecule has 1 aromatic heterocycles. The summed E-state index contributed by atoms with van der Waals surface area (Å²) in [5, 5.41) is 4.58. The first-order chi connectivity index (χ1) is 8.05. The van der Waals surface area contributed by atoms with Crippen LogP contribution in [0.3, 0.4) is 0 Å². The molecule has 2 rings (SSSR count). The van der Waals surface area contributed by atoms with Crippen LogP contribution in [0.25, 0.3) is 0 Å². The van der Waals surface area contributed by atoms with Crippen LogP contribution in [0.4, 0.5) is 0 Å². The second-order valence-corrected chi connectivity index (χ2v) is 6.38. The van der Waals surface area contributed by atoms with Gasteiger partial charge in [-0.15, -0.1) is 0 Å². The molecule has 94 valence electrons. The molecule has 0 amide bonds. The normalized spacial score (nSPS) is 23.9. The van der Waals surface area contributed by atoms with Crippen LogP contribution in [-0.4, -0.2) is 26.3 Å². The van der Waals surface area contributed by atoms with E-state index < -0.39 is 9.84 Å². The van der Waals surface area contributed by atoms with E-state index in [2.05, 4.69) is 12.2 Å². The highest BCUT2D eigenvalue weighted by Gasteiger charge is 2.22. The zero-order chi connectivity index (χ0) is 12.3. The van der Waals surface area contributed by atoms with Gasteiger partial charge in [0.15, 0.2) is 9.84 Å². The molecule has 0 aliphatic carbocycles. The van der Waals surface area contributed by atoms with Crippen molar-refractivity contribution in [2.75, 3.05) is 5.75 Å². The van der Waals surface area contributed by atoms with Crippen molar-refractivity contribution in [2.45, 2.75) is 31.8 Å². The predicted molar refractivity (Wildman–Crippen MR) is 66.3 cm³/mol. The standard InChI is InChI=1S/C12H17NO3S/c1-10(4-5-12-3-2-7-16-12)13-11-6-8-17(14,15)9-11/h2-3,6-8,10-11,13H,4-5,9H2,1H3. The molecule has 0 aromatic carbocycles. The second-order valence-electron chi connectivity index (χ2n) is 4.45. The molecule has 4 nitrogen and oxygen atoms in total. The molecule has 17 heavy (non-hydrogen) atoms. The van der Waals surface area contributed by atoms with Gasteiger partial charge in [-0.1, -0.05) is 6.08 Å². The molecule has 0 bridgehead atoms. The van der Waals surface area contributed by atoms with Crippen LogP contribution in [0.1, 0.15) is 19.1 Å². The lowest BCUT2D eigenvalue weighted by Gasteiger charge is -2.17. The minimum absolute atomic E-state index is 0.0494. The van der Waals surface area contributed by atoms with Crippen molar-refractivity contribution < 1.29 is 12.8 Å². The second kappa shape index (κ2) is 5.06. The summed E-state index contributed by atoms with van der Waals surface area (Å²) >= 11 is 0. The Morgan fingerprint density at radius 1 is 1.59 bits per heavy atom. The molecule has 2 atom stereocenters. The van der Waals surface area contributed by atoms with Crippen molar-refractivity contribution in [1.29, 1.82) is 0 Å². The SMILES string of the molecule is CC(CCc1ccco1)NC1C=CS(=O)(=O)C1. The largest absolute Gasteiger partial charge is 0.469 e. The van der Waals surface area contributed by atoms with Crippen LogP contribution in [-0.2, 0) is 16.3 Å². The molecule has 1 aromatic rings. The summed E-state index contributed by atoms with van der Waals surface area (Å²) in [6.07, 6.45) is 5.18. The maximum absolute atomic E-state index is 11.2. The third-order valence-corrected chi connectivity index (χ3v) is 4.23. The lowest BCUT2D eigenvalue weighted by molar-refractivity contribution is 0.449. The van der Waals surface area contributed by atoms with Crippen LogP contribution >= 0.6 is 0 Å². The first-order valence-corrected chi connectivity index (χ1v) is 7.46. The fourth-order valence-corrected chi connectivity index (χ4v) is 3.19. The van der Waals surface area contributed by atoms with Crippen molar-refractivity contribution in [2.24, 2.45) is 0 Å². The van der Waals surface area contributed by atoms with Gasteiger partial charge in [0.25, 0.3) is 0 Å². The van der Waals surface area contributed by atoms with E-state index in [0.29, 0.717) is 0 Å². The van der Waals surface area contributed by atoms with Crippen LogP contribution in [0.5, 0.6) is 0 Å². The summed E-state index contributed by atoms with van der Waals surface area (Å²) in [4.78, 5) is 0. The molecule has 2 unspecified atom stereocenters. The Morgan fingerprint density at radius 3 is 3.00 bits per heavy atom. The number of hydrogen-bond acceptors (Lipinski definition) is 4. The summed E-state index contributed by atoms with van der Waals surface area (Å²) in [7, 11) is -2.96. The van der Waals surface area contributed by atoms with Gasteiger partial charge >= 0.3 is 0 Å². The quantitative estimate of drug-likeness (QED) is 0.866. The van der Waals surface area contributed by atoms with Crippen molar-refractivity contribution in [3.05, 3.63) is 35.6 Å². The molecule has 1 aliphatic rings. The van der Waals surface area contributed by atoms with E-state index in [9.17, 15) is 8.42 Å². The number of aryl methyl sites for hydroxylation is 1. The average Bonchev–Trinajstić information content (AvgIpc) is 2.85. The summed E-state index contributed by atoms with van der Waals surface area (Å²) in [5.41, 5.74) is 0. The summed E-state index contributed by atoms with van der Waals surface area (Å²) < 4.78 is 27.7. The van der Waals surface area contributed by atoms with Crippen molar-refractivity contribution in [3.8, 4) is 0 Å². The smallest absolute Gasteiger partial charge is 0.173 e. The van der Waals surface area contributed by atoms with Gasteiger partial charge in [-0.3, -0.25) is 0 Å². The number of hydrogen-bond donors (Lipinski definition) is 1. The summed E-state index contributed by atoms with van der Waals surface area (Å²) in [6.45, 7) is 2.06. The third kappa shape index (κ3) is 3.71. The first kappa shape index (κ1) is 12.4. The van der Waals surface area contributed by atoms with Gasteiger partial charge in [-0.2, -0.15) is 0 Å². The molecule has 0 radical (unpaired) electrons. The molecule has 0 saturated carbocycles. The molecule has 5 heteroatoms. The first-order valence-electron chi connectivity index (χ1n) is 5.74. The lowest BCUT2D eigenvalue weighted by atomic mass is 10.1. The maximum atomic E-state index is 11.2. The predicted octanol–water partition coefficient (Wildman–Crippen LogP) is 1.50. The van der Waals surface area contributed by atoms with Crippen LogP contribution in [0.2, 0.25) is 0 Å². The minimum atomic E-state index is -2.96. The number of sulfone groups is 1. The summed E-state index contributed by atoms with van der Waals surface area (Å²) in [6, 6.07) is 4.04. The molecule has 0 saturated heterocycles. The van der Waals surface area contributed by atoms with Gasteiger partial charge in [-0.05, 0) is 25.5 Å². The topological polar surface area (TPSA) is 59.3 Å². The van der Waals surface area contributed by atoms with E-state index in [1.54, 1.807) is 12.3 Å². The highest BCUT2D eigenvalue weighted by atomic mass is 32.2. The summed E-state index contributed by atoms with van der Waals surface area (Å²) in [5.74, 6) is 1.14. The van der Waals surface area contributed by atoms with Crippen LogP contribution in [0, 0.1) is 0 Å². The Hall–Kier alpha value is -1.07. The minimum Gasteiger partial charge on any atom is -0.469 e. The highest BCUT2D eigenvalue weighted by Crippen LogP contribution is 2.11. The Morgan fingerprint density at radius 2 is 2.41 bits per heavy atom. The fourth-order valence-electron chi connectivity index (χ4n) is 1.94. The molecular weight excluding hydrogens is 238 g/mol. The van der Waals surface area contributed by atoms with Gasteiger partial charge in [0.05, 0.1) is 12.0 Å². The maximum Gasteiger partial charge on any atom is 0.173 e. The Bertz CT molecular complexity index is 476. The van der Waals surface area contributed by atoms with E-state index >= 15 is 0 Å². The van der Waals surface area contributed by atoms with Gasteiger partial charge in [0, 0.05) is 23.9 Å². The molecule has 0 spiro atoms. The zero-order valence-corrected chi connectivity index (χ0v) is 10.6. The van der Waals surface area contributed by atoms with E-state index in [1.165, 1.54) is 5.41 Å². The Labute approximate surface area is 102 Å². The molecule has 1 N–H and O–H groups in total. The van der Waals surface area contributed by atoms with E-state index in [-0.39, 0.29) is 17.8 Å². The van der Waals surface area contributed by atoms with E-state index in [0.717, 1.165) is 18.6 Å². The van der Waals surface area contributed by atoms with Gasteiger partial charge < -0.3 is 9.73 Å². The third-order valence-electron chi connectivity index (χ3n) is 2.83. The van der Waals surface area contributed by atoms with Gasteiger partial charge in [-0.25, -0.2) is 8.42 Å². The van der Waals surface area contributed by atoms with Gasteiger partial charge in [0.2, 0.25) is 0 Å². The molecule has 2 heterocycles. The number of nitrogens with one attached hydrogen (secondary N) is 1. The van der Waals surface area contributed by atoms with Crippen molar-refractivity contribution in [3.63, 3.8) is 0 Å². The number of rotatable bonds is 5. The van der Waals surface area contributed by atoms with Crippen molar-refractivity contribution >= 4 is 9.84 Å². The molecule has 0 fully saturated rings. The number of furan rings is 1. The van der Waals surface area contributed by atoms with E-state index in [4.69, 9.17) is 4.42 Å². The molecule has 1 aliphatic heterocycles. The lowest BCUT2D eigenvalue weighted by Crippen LogP contribution is -2.37. The van der Waals surface area contributed by atoms with Gasteiger partial charge in [0.1, 0.15) is 5.76 Å². The monoisotopic (exact) mass is 255 g/mol. The zero-order valence-electron chi connectivity index (χ0n) is 9.80. The van der Waals surface area contributed by atoms with Crippen LogP contribution < -0.4 is 5.32 Å². The van der Waals surface area contributed by atoms with Crippen molar-refractivity contribution in [1.82, 2.24) is 5.32 Å². The molecular formula is C12H17NO3S. The Balaban J connectivity index is 1.75. The Kier molecular flexibility index (Phi) is 3.69. The average molecular weight is 255 g/mol. The van der Waals surface area contributed by atoms with E-state index in [1.807, 2.05) is 12.1 Å². The highest BCUT2D eigenvalue weighted by molar-refractivity contribution is 7.94. The fraction of sp³-hybridized carbons (Fsp3) is 0.500.